The van der Waals surface area contributed by atoms with E-state index in [4.69, 9.17) is 27.6 Å². The first-order valence-electron chi connectivity index (χ1n) is 13.9. The molecule has 1 unspecified atom stereocenters. The molecule has 2 aliphatic rings. The van der Waals surface area contributed by atoms with Crippen molar-refractivity contribution in [3.63, 3.8) is 0 Å². The average Bonchev–Trinajstić information content (AvgIpc) is 3.46. The molecular weight excluding hydrogens is 547 g/mol. The summed E-state index contributed by atoms with van der Waals surface area (Å²) in [7, 11) is 0. The van der Waals surface area contributed by atoms with Gasteiger partial charge in [0.15, 0.2) is 0 Å². The third kappa shape index (κ3) is 6.89. The van der Waals surface area contributed by atoms with Crippen LogP contribution in [0.15, 0.2) is 59.2 Å². The van der Waals surface area contributed by atoms with Gasteiger partial charge in [-0.2, -0.15) is 0 Å². The second-order valence-corrected chi connectivity index (χ2v) is 11.7. The topological polar surface area (TPSA) is 69.0 Å². The van der Waals surface area contributed by atoms with Crippen LogP contribution < -0.4 is 5.32 Å². The Balaban J connectivity index is 1.24. The number of hydrogen-bond donors (Lipinski definition) is 1. The van der Waals surface area contributed by atoms with Crippen LogP contribution in [0, 0.1) is 13.8 Å². The molecule has 2 aliphatic heterocycles. The minimum atomic E-state index is -0.317. The molecule has 212 valence electrons. The van der Waals surface area contributed by atoms with Crippen LogP contribution in [0.4, 0.5) is 0 Å². The molecule has 7 nitrogen and oxygen atoms in total. The van der Waals surface area contributed by atoms with E-state index in [9.17, 15) is 9.59 Å². The van der Waals surface area contributed by atoms with Crippen LogP contribution in [-0.4, -0.2) is 71.8 Å². The fourth-order valence-electron chi connectivity index (χ4n) is 5.80. The molecule has 1 N–H and O–H groups in total. The van der Waals surface area contributed by atoms with Gasteiger partial charge in [-0.15, -0.1) is 0 Å². The number of nitrogens with zero attached hydrogens (tertiary/aromatic N) is 3. The number of carbonyl (C=O) groups excluding carboxylic acids is 2. The lowest BCUT2D eigenvalue weighted by Crippen LogP contribution is -2.54. The molecule has 1 atom stereocenters. The Kier molecular flexibility index (Phi) is 9.16. The molecule has 0 radical (unpaired) electrons. The van der Waals surface area contributed by atoms with Crippen molar-refractivity contribution in [2.75, 3.05) is 39.3 Å². The van der Waals surface area contributed by atoms with E-state index < -0.39 is 0 Å². The highest BCUT2D eigenvalue weighted by atomic mass is 35.5. The fourth-order valence-corrected chi connectivity index (χ4v) is 6.11. The molecule has 2 fully saturated rings. The predicted octanol–water partition coefficient (Wildman–Crippen LogP) is 5.48. The maximum absolute atomic E-state index is 13.6. The van der Waals surface area contributed by atoms with Crippen LogP contribution in [0.2, 0.25) is 10.0 Å². The van der Waals surface area contributed by atoms with Crippen LogP contribution in [-0.2, 0) is 11.3 Å². The highest BCUT2D eigenvalue weighted by Crippen LogP contribution is 2.31. The number of piperidine rings is 1. The molecular formula is C31H36Cl2N4O3. The van der Waals surface area contributed by atoms with Gasteiger partial charge in [0.05, 0.1) is 35.4 Å². The monoisotopic (exact) mass is 582 g/mol. The third-order valence-corrected chi connectivity index (χ3v) is 8.61. The van der Waals surface area contributed by atoms with Crippen molar-refractivity contribution in [3.05, 3.63) is 92.9 Å². The molecule has 2 aromatic carbocycles. The molecule has 1 aromatic heterocycles. The zero-order chi connectivity index (χ0) is 28.2. The average molecular weight is 584 g/mol. The minimum absolute atomic E-state index is 0.0209. The van der Waals surface area contributed by atoms with Crippen LogP contribution in [0.1, 0.15) is 51.7 Å². The van der Waals surface area contributed by atoms with E-state index in [-0.39, 0.29) is 30.4 Å². The number of nitrogens with one attached hydrogen (secondary N) is 1. The SMILES string of the molecule is Cc1cc(C)cc(C(=O)N2CCN(C(=O)CNC3CCN(Cc4ccco4)CC3)C(c3ccc(Cl)c(Cl)c3)C2)c1. The first-order chi connectivity index (χ1) is 19.3. The van der Waals surface area contributed by atoms with Gasteiger partial charge in [-0.05, 0) is 68.7 Å². The van der Waals surface area contributed by atoms with Crippen molar-refractivity contribution in [2.45, 2.75) is 45.3 Å². The summed E-state index contributed by atoms with van der Waals surface area (Å²) >= 11 is 12.6. The van der Waals surface area contributed by atoms with Gasteiger partial charge in [-0.1, -0.05) is 46.5 Å². The summed E-state index contributed by atoms with van der Waals surface area (Å²) in [5, 5.41) is 4.39. The smallest absolute Gasteiger partial charge is 0.254 e. The molecule has 0 aliphatic carbocycles. The molecule has 0 saturated carbocycles. The Morgan fingerprint density at radius 3 is 2.38 bits per heavy atom. The summed E-state index contributed by atoms with van der Waals surface area (Å²) in [6.45, 7) is 8.28. The third-order valence-electron chi connectivity index (χ3n) is 7.87. The summed E-state index contributed by atoms with van der Waals surface area (Å²) in [6, 6.07) is 15.2. The van der Waals surface area contributed by atoms with Gasteiger partial charge in [0.1, 0.15) is 5.76 Å². The van der Waals surface area contributed by atoms with Gasteiger partial charge < -0.3 is 19.5 Å². The number of benzene rings is 2. The van der Waals surface area contributed by atoms with E-state index in [0.717, 1.165) is 54.9 Å². The summed E-state index contributed by atoms with van der Waals surface area (Å²) in [4.78, 5) is 33.2. The summed E-state index contributed by atoms with van der Waals surface area (Å²) in [5.41, 5.74) is 3.64. The Morgan fingerprint density at radius 2 is 1.70 bits per heavy atom. The van der Waals surface area contributed by atoms with E-state index >= 15 is 0 Å². The van der Waals surface area contributed by atoms with E-state index in [1.807, 2.05) is 60.0 Å². The van der Waals surface area contributed by atoms with Gasteiger partial charge >= 0.3 is 0 Å². The molecule has 3 heterocycles. The molecule has 0 bridgehead atoms. The van der Waals surface area contributed by atoms with Crippen LogP contribution in [0.25, 0.3) is 0 Å². The first-order valence-corrected chi connectivity index (χ1v) is 14.6. The molecule has 3 aromatic rings. The number of likely N-dealkylation sites (tertiary alicyclic amines) is 1. The van der Waals surface area contributed by atoms with Crippen LogP contribution in [0.3, 0.4) is 0 Å². The molecule has 40 heavy (non-hydrogen) atoms. The molecule has 9 heteroatoms. The number of furan rings is 1. The first kappa shape index (κ1) is 28.7. The van der Waals surface area contributed by atoms with Gasteiger partial charge in [0.25, 0.3) is 5.91 Å². The number of aryl methyl sites for hydroxylation is 2. The highest BCUT2D eigenvalue weighted by Gasteiger charge is 2.34. The maximum atomic E-state index is 13.6. The Hall–Kier alpha value is -2.84. The Morgan fingerprint density at radius 1 is 0.950 bits per heavy atom. The number of hydrogen-bond acceptors (Lipinski definition) is 5. The van der Waals surface area contributed by atoms with Crippen molar-refractivity contribution in [2.24, 2.45) is 0 Å². The van der Waals surface area contributed by atoms with E-state index in [0.29, 0.717) is 35.2 Å². The van der Waals surface area contributed by atoms with Crippen molar-refractivity contribution in [3.8, 4) is 0 Å². The molecule has 2 amide bonds. The number of amides is 2. The van der Waals surface area contributed by atoms with Crippen molar-refractivity contribution >= 4 is 35.0 Å². The van der Waals surface area contributed by atoms with E-state index in [1.165, 1.54) is 0 Å². The number of halogens is 2. The van der Waals surface area contributed by atoms with Crippen molar-refractivity contribution < 1.29 is 14.0 Å². The second kappa shape index (κ2) is 12.8. The van der Waals surface area contributed by atoms with Gasteiger partial charge in [-0.3, -0.25) is 14.5 Å². The second-order valence-electron chi connectivity index (χ2n) is 10.9. The number of piperazine rings is 1. The van der Waals surface area contributed by atoms with Crippen molar-refractivity contribution in [1.82, 2.24) is 20.0 Å². The molecule has 0 spiro atoms. The van der Waals surface area contributed by atoms with Gasteiger partial charge in [0, 0.05) is 44.3 Å². The summed E-state index contributed by atoms with van der Waals surface area (Å²) in [6.07, 6.45) is 3.66. The summed E-state index contributed by atoms with van der Waals surface area (Å²) < 4.78 is 5.48. The quantitative estimate of drug-likeness (QED) is 0.399. The molecule has 5 rings (SSSR count). The Labute approximate surface area is 246 Å². The highest BCUT2D eigenvalue weighted by molar-refractivity contribution is 6.42. The molecule has 2 saturated heterocycles. The predicted molar refractivity (Wildman–Crippen MR) is 158 cm³/mol. The zero-order valence-electron chi connectivity index (χ0n) is 23.0. The normalized spacial score (nSPS) is 18.8. The van der Waals surface area contributed by atoms with Crippen LogP contribution in [0.5, 0.6) is 0 Å². The van der Waals surface area contributed by atoms with E-state index in [2.05, 4.69) is 16.3 Å². The lowest BCUT2D eigenvalue weighted by Gasteiger charge is -2.42. The number of rotatable bonds is 7. The Bertz CT molecular complexity index is 1320. The summed E-state index contributed by atoms with van der Waals surface area (Å²) in [5.74, 6) is 0.973. The van der Waals surface area contributed by atoms with Crippen LogP contribution >= 0.6 is 23.2 Å². The maximum Gasteiger partial charge on any atom is 0.254 e. The van der Waals surface area contributed by atoms with Gasteiger partial charge in [-0.25, -0.2) is 0 Å². The standard InChI is InChI=1S/C31H36Cl2N4O3/c1-21-14-22(2)16-24(15-21)31(39)36-11-12-37(29(20-36)23-5-6-27(32)28(33)17-23)30(38)18-34-25-7-9-35(10-8-25)19-26-4-3-13-40-26/h3-6,13-17,25,29,34H,7-12,18-20H2,1-2H3. The minimum Gasteiger partial charge on any atom is -0.468 e. The number of carbonyl (C=O) groups is 2. The zero-order valence-corrected chi connectivity index (χ0v) is 24.5. The largest absolute Gasteiger partial charge is 0.468 e. The van der Waals surface area contributed by atoms with Crippen molar-refractivity contribution in [1.29, 1.82) is 0 Å². The van der Waals surface area contributed by atoms with E-state index in [1.54, 1.807) is 12.3 Å². The lowest BCUT2D eigenvalue weighted by molar-refractivity contribution is -0.135. The van der Waals surface area contributed by atoms with Gasteiger partial charge in [0.2, 0.25) is 5.91 Å². The fraction of sp³-hybridized carbons (Fsp3) is 0.419. The lowest BCUT2D eigenvalue weighted by atomic mass is 10.00.